The first-order valence-corrected chi connectivity index (χ1v) is 8.09. The topological polar surface area (TPSA) is 30.7 Å². The zero-order valence-corrected chi connectivity index (χ0v) is 12.2. The van der Waals surface area contributed by atoms with E-state index in [0.717, 1.165) is 34.8 Å². The van der Waals surface area contributed by atoms with Crippen LogP contribution in [0.25, 0.3) is 16.9 Å². The second kappa shape index (κ2) is 5.15. The number of benzene rings is 1. The summed E-state index contributed by atoms with van der Waals surface area (Å²) in [5.41, 5.74) is 2.45. The lowest BCUT2D eigenvalue weighted by Gasteiger charge is -2.12. The van der Waals surface area contributed by atoms with Gasteiger partial charge in [0.2, 0.25) is 0 Å². The van der Waals surface area contributed by atoms with Gasteiger partial charge in [-0.3, -0.25) is 4.57 Å². The molecule has 1 saturated heterocycles. The Morgan fingerprint density at radius 3 is 3.00 bits per heavy atom. The van der Waals surface area contributed by atoms with Crippen LogP contribution in [-0.4, -0.2) is 20.3 Å². The Hall–Kier alpha value is -1.88. The fourth-order valence-electron chi connectivity index (χ4n) is 2.80. The predicted molar refractivity (Wildman–Crippen MR) is 83.3 cm³/mol. The number of pyridine rings is 1. The summed E-state index contributed by atoms with van der Waals surface area (Å²) in [6, 6.07) is 10.5. The maximum atomic E-state index is 13.6. The number of rotatable bonds is 2. The van der Waals surface area contributed by atoms with Gasteiger partial charge in [0.15, 0.2) is 5.65 Å². The maximum absolute atomic E-state index is 13.6. The van der Waals surface area contributed by atoms with Crippen LogP contribution in [-0.2, 0) is 0 Å². The lowest BCUT2D eigenvalue weighted by molar-refractivity contribution is 0.626. The summed E-state index contributed by atoms with van der Waals surface area (Å²) in [5.74, 6) is 1.90. The van der Waals surface area contributed by atoms with Crippen molar-refractivity contribution in [1.82, 2.24) is 14.5 Å². The zero-order valence-electron chi connectivity index (χ0n) is 11.4. The van der Waals surface area contributed by atoms with Crippen LogP contribution >= 0.6 is 11.8 Å². The van der Waals surface area contributed by atoms with Gasteiger partial charge < -0.3 is 0 Å². The van der Waals surface area contributed by atoms with E-state index in [1.807, 2.05) is 34.5 Å². The fraction of sp³-hybridized carbons (Fsp3) is 0.250. The van der Waals surface area contributed by atoms with Gasteiger partial charge >= 0.3 is 0 Å². The summed E-state index contributed by atoms with van der Waals surface area (Å²) >= 11 is 1.92. The largest absolute Gasteiger partial charge is 0.280 e. The molecule has 0 N–H and O–H groups in total. The smallest absolute Gasteiger partial charge is 0.164 e. The minimum absolute atomic E-state index is 0.240. The molecule has 1 aliphatic heterocycles. The molecule has 1 atom stereocenters. The highest BCUT2D eigenvalue weighted by Gasteiger charge is 2.25. The number of hydrogen-bond acceptors (Lipinski definition) is 3. The number of aromatic nitrogens is 3. The highest BCUT2D eigenvalue weighted by atomic mass is 32.2. The second-order valence-corrected chi connectivity index (χ2v) is 6.44. The molecule has 2 aromatic heterocycles. The third kappa shape index (κ3) is 2.21. The SMILES string of the molecule is Fc1cccc(-n2c(C3CCCS3)nc3cccnc32)c1. The van der Waals surface area contributed by atoms with E-state index in [4.69, 9.17) is 4.98 Å². The van der Waals surface area contributed by atoms with E-state index in [0.29, 0.717) is 5.25 Å². The van der Waals surface area contributed by atoms with E-state index < -0.39 is 0 Å². The third-order valence-electron chi connectivity index (χ3n) is 3.73. The van der Waals surface area contributed by atoms with Gasteiger partial charge in [-0.1, -0.05) is 6.07 Å². The highest BCUT2D eigenvalue weighted by Crippen LogP contribution is 2.41. The summed E-state index contributed by atoms with van der Waals surface area (Å²) < 4.78 is 15.6. The molecule has 3 heterocycles. The molecular formula is C16H14FN3S. The van der Waals surface area contributed by atoms with Gasteiger partial charge in [0.1, 0.15) is 17.2 Å². The Morgan fingerprint density at radius 2 is 2.19 bits per heavy atom. The van der Waals surface area contributed by atoms with Gasteiger partial charge in [0, 0.05) is 6.20 Å². The molecule has 0 spiro atoms. The van der Waals surface area contributed by atoms with Crippen molar-refractivity contribution in [3.63, 3.8) is 0 Å². The van der Waals surface area contributed by atoms with Crippen molar-refractivity contribution in [1.29, 1.82) is 0 Å². The van der Waals surface area contributed by atoms with E-state index in [1.165, 1.54) is 12.5 Å². The fourth-order valence-corrected chi connectivity index (χ4v) is 4.06. The summed E-state index contributed by atoms with van der Waals surface area (Å²) in [6.07, 6.45) is 4.07. The van der Waals surface area contributed by atoms with Crippen LogP contribution in [0.4, 0.5) is 4.39 Å². The van der Waals surface area contributed by atoms with E-state index in [9.17, 15) is 4.39 Å². The van der Waals surface area contributed by atoms with Crippen LogP contribution in [0.2, 0.25) is 0 Å². The predicted octanol–water partition coefficient (Wildman–Crippen LogP) is 4.13. The van der Waals surface area contributed by atoms with E-state index in [2.05, 4.69) is 4.98 Å². The summed E-state index contributed by atoms with van der Waals surface area (Å²) in [4.78, 5) is 9.21. The van der Waals surface area contributed by atoms with Crippen LogP contribution in [0.15, 0.2) is 42.6 Å². The number of halogens is 1. The Kier molecular flexibility index (Phi) is 3.15. The van der Waals surface area contributed by atoms with Gasteiger partial charge in [0.05, 0.1) is 10.9 Å². The molecule has 5 heteroatoms. The van der Waals surface area contributed by atoms with E-state index in [-0.39, 0.29) is 5.82 Å². The lowest BCUT2D eigenvalue weighted by Crippen LogP contribution is -2.04. The molecule has 1 unspecified atom stereocenters. The second-order valence-electron chi connectivity index (χ2n) is 5.13. The van der Waals surface area contributed by atoms with Crippen LogP contribution in [0.3, 0.4) is 0 Å². The Morgan fingerprint density at radius 1 is 1.24 bits per heavy atom. The molecule has 0 saturated carbocycles. The van der Waals surface area contributed by atoms with Gasteiger partial charge in [-0.05, 0) is 48.9 Å². The first-order chi connectivity index (χ1) is 10.3. The van der Waals surface area contributed by atoms with Crippen LogP contribution in [0.5, 0.6) is 0 Å². The van der Waals surface area contributed by atoms with Crippen molar-refractivity contribution < 1.29 is 4.39 Å². The number of fused-ring (bicyclic) bond motifs is 1. The number of hydrogen-bond donors (Lipinski definition) is 0. The van der Waals surface area contributed by atoms with Crippen LogP contribution in [0, 0.1) is 5.82 Å². The van der Waals surface area contributed by atoms with Gasteiger partial charge in [-0.25, -0.2) is 14.4 Å². The summed E-state index contributed by atoms with van der Waals surface area (Å²) in [7, 11) is 0. The van der Waals surface area contributed by atoms with Crippen LogP contribution < -0.4 is 0 Å². The van der Waals surface area contributed by atoms with E-state index in [1.54, 1.807) is 18.3 Å². The van der Waals surface area contributed by atoms with Gasteiger partial charge in [0.25, 0.3) is 0 Å². The van der Waals surface area contributed by atoms with Crippen molar-refractivity contribution in [2.45, 2.75) is 18.1 Å². The molecule has 106 valence electrons. The number of nitrogens with zero attached hydrogens (tertiary/aromatic N) is 3. The van der Waals surface area contributed by atoms with E-state index >= 15 is 0 Å². The molecular weight excluding hydrogens is 285 g/mol. The Labute approximate surface area is 126 Å². The summed E-state index contributed by atoms with van der Waals surface area (Å²) in [5, 5.41) is 0.363. The molecule has 3 nitrogen and oxygen atoms in total. The monoisotopic (exact) mass is 299 g/mol. The minimum Gasteiger partial charge on any atom is -0.280 e. The molecule has 3 aromatic rings. The molecule has 4 rings (SSSR count). The minimum atomic E-state index is -0.240. The molecule has 1 fully saturated rings. The normalized spacial score (nSPS) is 18.4. The Balaban J connectivity index is 1.98. The molecule has 21 heavy (non-hydrogen) atoms. The van der Waals surface area contributed by atoms with Gasteiger partial charge in [-0.2, -0.15) is 11.8 Å². The van der Waals surface area contributed by atoms with Crippen molar-refractivity contribution in [3.05, 3.63) is 54.2 Å². The van der Waals surface area contributed by atoms with Gasteiger partial charge in [-0.15, -0.1) is 0 Å². The third-order valence-corrected chi connectivity index (χ3v) is 5.10. The zero-order chi connectivity index (χ0) is 14.2. The highest BCUT2D eigenvalue weighted by molar-refractivity contribution is 7.99. The number of imidazole rings is 1. The molecule has 0 bridgehead atoms. The number of thioether (sulfide) groups is 1. The molecule has 1 aliphatic rings. The van der Waals surface area contributed by atoms with Crippen molar-refractivity contribution in [2.75, 3.05) is 5.75 Å². The van der Waals surface area contributed by atoms with Crippen molar-refractivity contribution in [2.24, 2.45) is 0 Å². The Bertz CT molecular complexity index is 793. The average molecular weight is 299 g/mol. The van der Waals surface area contributed by atoms with Crippen LogP contribution in [0.1, 0.15) is 23.9 Å². The molecule has 0 amide bonds. The molecule has 1 aromatic carbocycles. The summed E-state index contributed by atoms with van der Waals surface area (Å²) in [6.45, 7) is 0. The maximum Gasteiger partial charge on any atom is 0.164 e. The standard InChI is InChI=1S/C16H14FN3S/c17-11-4-1-5-12(10-11)20-15-13(6-2-8-18-15)19-16(20)14-7-3-9-21-14/h1-2,4-6,8,10,14H,3,7,9H2. The average Bonchev–Trinajstić information content (AvgIpc) is 3.14. The molecule has 0 aliphatic carbocycles. The molecule has 0 radical (unpaired) electrons. The first kappa shape index (κ1) is 12.8. The lowest BCUT2D eigenvalue weighted by atomic mass is 10.2. The quantitative estimate of drug-likeness (QED) is 0.713. The first-order valence-electron chi connectivity index (χ1n) is 7.04. The van der Waals surface area contributed by atoms with Crippen molar-refractivity contribution >= 4 is 22.9 Å². The van der Waals surface area contributed by atoms with Crippen molar-refractivity contribution in [3.8, 4) is 5.69 Å².